The Balaban J connectivity index is 1.66. The van der Waals surface area contributed by atoms with Crippen molar-refractivity contribution in [2.75, 3.05) is 6.54 Å². The Bertz CT molecular complexity index is 262. The van der Waals surface area contributed by atoms with E-state index in [1.165, 1.54) is 37.7 Å². The monoisotopic (exact) mass is 202 g/mol. The summed E-state index contributed by atoms with van der Waals surface area (Å²) in [6.07, 6.45) is 7.93. The zero-order valence-corrected chi connectivity index (χ0v) is 9.34. The summed E-state index contributed by atoms with van der Waals surface area (Å²) in [5, 5.41) is 3.59. The van der Waals surface area contributed by atoms with Crippen LogP contribution < -0.4 is 5.32 Å². The molecular formula is C14H20N. The highest BCUT2D eigenvalue weighted by Gasteiger charge is 2.12. The van der Waals surface area contributed by atoms with Gasteiger partial charge in [0.1, 0.15) is 0 Å². The smallest absolute Gasteiger partial charge is 0.0364 e. The van der Waals surface area contributed by atoms with Gasteiger partial charge in [-0.05, 0) is 31.4 Å². The fourth-order valence-electron chi connectivity index (χ4n) is 2.18. The largest absolute Gasteiger partial charge is 0.309 e. The summed E-state index contributed by atoms with van der Waals surface area (Å²) in [4.78, 5) is 0. The molecule has 0 bridgehead atoms. The third-order valence-corrected chi connectivity index (χ3v) is 3.09. The minimum atomic E-state index is 1.10. The highest BCUT2D eigenvalue weighted by molar-refractivity contribution is 5.15. The van der Waals surface area contributed by atoms with E-state index in [4.69, 9.17) is 0 Å². The molecule has 1 saturated carbocycles. The van der Waals surface area contributed by atoms with E-state index < -0.39 is 0 Å². The third-order valence-electron chi connectivity index (χ3n) is 3.09. The number of nitrogens with one attached hydrogen (secondary N) is 1. The molecule has 1 aromatic rings. The maximum Gasteiger partial charge on any atom is 0.0364 e. The third kappa shape index (κ3) is 3.67. The Kier molecular flexibility index (Phi) is 4.22. The second-order valence-corrected chi connectivity index (χ2v) is 4.33. The Labute approximate surface area is 92.9 Å². The summed E-state index contributed by atoms with van der Waals surface area (Å²) in [6, 6.07) is 12.3. The number of hydrogen-bond acceptors (Lipinski definition) is 1. The van der Waals surface area contributed by atoms with Gasteiger partial charge in [-0.15, -0.1) is 0 Å². The Hall–Kier alpha value is -0.820. The molecule has 0 unspecified atom stereocenters. The van der Waals surface area contributed by atoms with Crippen LogP contribution in [0.15, 0.2) is 30.3 Å². The van der Waals surface area contributed by atoms with E-state index in [0.717, 1.165) is 13.0 Å². The first kappa shape index (κ1) is 10.7. The van der Waals surface area contributed by atoms with E-state index in [0.29, 0.717) is 0 Å². The molecule has 1 heteroatoms. The first-order chi connectivity index (χ1) is 7.45. The Morgan fingerprint density at radius 3 is 2.40 bits per heavy atom. The first-order valence-electron chi connectivity index (χ1n) is 6.07. The van der Waals surface area contributed by atoms with E-state index in [-0.39, 0.29) is 0 Å². The molecule has 0 heterocycles. The molecule has 0 aliphatic heterocycles. The molecule has 1 aliphatic rings. The van der Waals surface area contributed by atoms with Crippen LogP contribution >= 0.6 is 0 Å². The molecule has 0 aromatic heterocycles. The minimum Gasteiger partial charge on any atom is -0.309 e. The van der Waals surface area contributed by atoms with E-state index in [2.05, 4.69) is 35.6 Å². The van der Waals surface area contributed by atoms with Crippen LogP contribution in [0.5, 0.6) is 0 Å². The molecule has 0 saturated heterocycles. The maximum absolute atomic E-state index is 3.59. The van der Waals surface area contributed by atoms with E-state index >= 15 is 0 Å². The molecule has 1 aliphatic carbocycles. The van der Waals surface area contributed by atoms with Gasteiger partial charge in [0.15, 0.2) is 0 Å². The van der Waals surface area contributed by atoms with Crippen molar-refractivity contribution in [1.29, 1.82) is 0 Å². The zero-order chi connectivity index (χ0) is 10.3. The lowest BCUT2D eigenvalue weighted by molar-refractivity contribution is 0.473. The molecule has 2 rings (SSSR count). The van der Waals surface area contributed by atoms with Crippen molar-refractivity contribution in [3.63, 3.8) is 0 Å². The lowest BCUT2D eigenvalue weighted by Gasteiger charge is -2.21. The topological polar surface area (TPSA) is 12.0 Å². The molecule has 1 nitrogen and oxygen atoms in total. The lowest BCUT2D eigenvalue weighted by atomic mass is 9.95. The van der Waals surface area contributed by atoms with Crippen molar-refractivity contribution >= 4 is 0 Å². The highest BCUT2D eigenvalue weighted by Crippen LogP contribution is 2.22. The van der Waals surface area contributed by atoms with E-state index in [9.17, 15) is 0 Å². The second-order valence-electron chi connectivity index (χ2n) is 4.33. The predicted octanol–water partition coefficient (Wildman–Crippen LogP) is 3.31. The van der Waals surface area contributed by atoms with E-state index in [1.54, 1.807) is 6.04 Å². The average Bonchev–Trinajstić information content (AvgIpc) is 2.32. The zero-order valence-electron chi connectivity index (χ0n) is 9.34. The molecule has 0 atom stereocenters. The van der Waals surface area contributed by atoms with Gasteiger partial charge in [-0.25, -0.2) is 0 Å². The average molecular weight is 202 g/mol. The molecule has 81 valence electrons. The van der Waals surface area contributed by atoms with Gasteiger partial charge in [-0.2, -0.15) is 0 Å². The molecule has 1 radical (unpaired) electrons. The maximum atomic E-state index is 3.59. The molecule has 0 amide bonds. The van der Waals surface area contributed by atoms with Crippen LogP contribution in [0.3, 0.4) is 0 Å². The van der Waals surface area contributed by atoms with Gasteiger partial charge in [0, 0.05) is 6.04 Å². The van der Waals surface area contributed by atoms with Crippen LogP contribution in [-0.2, 0) is 6.42 Å². The fraction of sp³-hybridized carbons (Fsp3) is 0.500. The van der Waals surface area contributed by atoms with Crippen molar-refractivity contribution < 1.29 is 0 Å². The van der Waals surface area contributed by atoms with Gasteiger partial charge in [0.05, 0.1) is 0 Å². The summed E-state index contributed by atoms with van der Waals surface area (Å²) in [5.41, 5.74) is 1.43. The van der Waals surface area contributed by atoms with Crippen molar-refractivity contribution in [3.8, 4) is 0 Å². The van der Waals surface area contributed by atoms with Gasteiger partial charge in [0.2, 0.25) is 0 Å². The number of benzene rings is 1. The van der Waals surface area contributed by atoms with Crippen LogP contribution in [0, 0.1) is 6.04 Å². The van der Waals surface area contributed by atoms with Crippen molar-refractivity contribution in [2.24, 2.45) is 0 Å². The second kappa shape index (κ2) is 5.92. The predicted molar refractivity (Wildman–Crippen MR) is 64.5 cm³/mol. The molecule has 0 spiro atoms. The summed E-state index contributed by atoms with van der Waals surface area (Å²) >= 11 is 0. The lowest BCUT2D eigenvalue weighted by Crippen LogP contribution is -2.25. The molecule has 1 fully saturated rings. The highest BCUT2D eigenvalue weighted by atomic mass is 14.9. The summed E-state index contributed by atoms with van der Waals surface area (Å²) in [6.45, 7) is 1.10. The van der Waals surface area contributed by atoms with Crippen LogP contribution in [-0.4, -0.2) is 6.54 Å². The molecular weight excluding hydrogens is 182 g/mol. The van der Waals surface area contributed by atoms with Crippen LogP contribution in [0.2, 0.25) is 0 Å². The Morgan fingerprint density at radius 2 is 1.67 bits per heavy atom. The summed E-state index contributed by atoms with van der Waals surface area (Å²) < 4.78 is 0. The van der Waals surface area contributed by atoms with Gasteiger partial charge in [-0.3, -0.25) is 0 Å². The molecule has 1 N–H and O–H groups in total. The Morgan fingerprint density at radius 1 is 0.933 bits per heavy atom. The van der Waals surface area contributed by atoms with E-state index in [1.807, 2.05) is 0 Å². The first-order valence-corrected chi connectivity index (χ1v) is 6.07. The van der Waals surface area contributed by atoms with Crippen molar-refractivity contribution in [2.45, 2.75) is 38.5 Å². The van der Waals surface area contributed by atoms with Crippen molar-refractivity contribution in [3.05, 3.63) is 41.9 Å². The summed E-state index contributed by atoms with van der Waals surface area (Å²) in [7, 11) is 0. The van der Waals surface area contributed by atoms with Gasteiger partial charge < -0.3 is 5.32 Å². The number of rotatable bonds is 4. The summed E-state index contributed by atoms with van der Waals surface area (Å²) in [5.74, 6) is 0. The van der Waals surface area contributed by atoms with Gasteiger partial charge in [-0.1, -0.05) is 49.6 Å². The SMILES string of the molecule is c1ccc(CCN[C]2CCCCC2)cc1. The van der Waals surface area contributed by atoms with Crippen LogP contribution in [0.1, 0.15) is 37.7 Å². The fourth-order valence-corrected chi connectivity index (χ4v) is 2.18. The van der Waals surface area contributed by atoms with Gasteiger partial charge in [0.25, 0.3) is 0 Å². The van der Waals surface area contributed by atoms with Crippen molar-refractivity contribution in [1.82, 2.24) is 5.32 Å². The quantitative estimate of drug-likeness (QED) is 0.789. The minimum absolute atomic E-state index is 1.10. The molecule has 1 aromatic carbocycles. The number of hydrogen-bond donors (Lipinski definition) is 1. The standard InChI is InChI=1S/C14H20N/c1-3-7-13(8-4-1)11-12-15-14-9-5-2-6-10-14/h1,3-4,7-8,15H,2,5-6,9-12H2. The van der Waals surface area contributed by atoms with Crippen LogP contribution in [0.25, 0.3) is 0 Å². The van der Waals surface area contributed by atoms with Gasteiger partial charge >= 0.3 is 0 Å². The van der Waals surface area contributed by atoms with Crippen LogP contribution in [0.4, 0.5) is 0 Å². The normalized spacial score (nSPS) is 17.9. The molecule has 15 heavy (non-hydrogen) atoms.